The van der Waals surface area contributed by atoms with Crippen molar-refractivity contribution in [2.24, 2.45) is 0 Å². The number of oxazole rings is 1. The number of aromatic nitrogens is 1. The molecule has 0 amide bonds. The van der Waals surface area contributed by atoms with Gasteiger partial charge in [-0.1, -0.05) is 11.8 Å². The van der Waals surface area contributed by atoms with Crippen LogP contribution >= 0.6 is 11.8 Å². The third kappa shape index (κ3) is 2.70. The molecule has 0 saturated heterocycles. The number of esters is 1. The number of thioether (sulfide) groups is 1. The minimum atomic E-state index is -0.541. The maximum atomic E-state index is 12.0. The van der Waals surface area contributed by atoms with E-state index in [1.807, 2.05) is 14.0 Å². The zero-order chi connectivity index (χ0) is 13.0. The fourth-order valence-corrected chi connectivity index (χ4v) is 3.42. The van der Waals surface area contributed by atoms with Gasteiger partial charge in [0.05, 0.1) is 12.8 Å². The first-order valence-corrected chi connectivity index (χ1v) is 7.00. The van der Waals surface area contributed by atoms with Gasteiger partial charge in [0.15, 0.2) is 0 Å². The molecule has 1 saturated carbocycles. The largest absolute Gasteiger partial charge is 0.465 e. The van der Waals surface area contributed by atoms with E-state index in [-0.39, 0.29) is 5.97 Å². The summed E-state index contributed by atoms with van der Waals surface area (Å²) >= 11 is 1.59. The fourth-order valence-electron chi connectivity index (χ4n) is 2.30. The van der Waals surface area contributed by atoms with Crippen molar-refractivity contribution in [1.29, 1.82) is 0 Å². The lowest BCUT2D eigenvalue weighted by Crippen LogP contribution is -2.49. The van der Waals surface area contributed by atoms with Gasteiger partial charge in [-0.25, -0.2) is 4.98 Å². The molecule has 1 N–H and O–H groups in total. The fraction of sp³-hybridized carbons (Fsp3) is 0.667. The second-order valence-electron chi connectivity index (χ2n) is 4.33. The van der Waals surface area contributed by atoms with Crippen LogP contribution in [0.3, 0.4) is 0 Å². The van der Waals surface area contributed by atoms with Gasteiger partial charge >= 0.3 is 5.97 Å². The zero-order valence-electron chi connectivity index (χ0n) is 10.6. The third-order valence-corrected chi connectivity index (χ3v) is 4.43. The summed E-state index contributed by atoms with van der Waals surface area (Å²) in [5, 5.41) is 4.13. The Balaban J connectivity index is 1.98. The minimum absolute atomic E-state index is 0.150. The molecule has 2 rings (SSSR count). The van der Waals surface area contributed by atoms with E-state index in [1.54, 1.807) is 24.2 Å². The van der Waals surface area contributed by atoms with E-state index >= 15 is 0 Å². The topological polar surface area (TPSA) is 64.4 Å². The zero-order valence-corrected chi connectivity index (χ0v) is 11.5. The second-order valence-corrected chi connectivity index (χ2v) is 5.58. The number of hydrogen-bond acceptors (Lipinski definition) is 6. The summed E-state index contributed by atoms with van der Waals surface area (Å²) in [5.41, 5.74) is -0.541. The number of nitrogens with one attached hydrogen (secondary N) is 1. The predicted octanol–water partition coefficient (Wildman–Crippen LogP) is 1.84. The molecule has 5 nitrogen and oxygen atoms in total. The third-order valence-electron chi connectivity index (χ3n) is 3.29. The van der Waals surface area contributed by atoms with E-state index in [0.29, 0.717) is 17.1 Å². The van der Waals surface area contributed by atoms with Gasteiger partial charge in [-0.3, -0.25) is 4.79 Å². The van der Waals surface area contributed by atoms with Crippen molar-refractivity contribution in [3.8, 4) is 0 Å². The van der Waals surface area contributed by atoms with Gasteiger partial charge in [-0.15, -0.1) is 0 Å². The molecule has 0 radical (unpaired) electrons. The first kappa shape index (κ1) is 13.4. The van der Waals surface area contributed by atoms with Crippen molar-refractivity contribution in [2.45, 2.75) is 42.2 Å². The summed E-state index contributed by atoms with van der Waals surface area (Å²) in [6.07, 6.45) is 5.69. The van der Waals surface area contributed by atoms with Crippen LogP contribution in [-0.4, -0.2) is 35.4 Å². The highest BCUT2D eigenvalue weighted by Gasteiger charge is 2.46. The summed E-state index contributed by atoms with van der Waals surface area (Å²) in [6, 6.07) is 0. The molecule has 6 heteroatoms. The molecule has 0 bridgehead atoms. The Morgan fingerprint density at radius 1 is 1.78 bits per heavy atom. The maximum Gasteiger partial charge on any atom is 0.326 e. The minimum Gasteiger partial charge on any atom is -0.465 e. The van der Waals surface area contributed by atoms with Gasteiger partial charge in [-0.2, -0.15) is 0 Å². The van der Waals surface area contributed by atoms with Gasteiger partial charge in [0, 0.05) is 5.25 Å². The van der Waals surface area contributed by atoms with Gasteiger partial charge in [0.25, 0.3) is 5.22 Å². The highest BCUT2D eigenvalue weighted by molar-refractivity contribution is 7.99. The summed E-state index contributed by atoms with van der Waals surface area (Å²) in [7, 11) is 1.81. The van der Waals surface area contributed by atoms with Gasteiger partial charge in [-0.05, 0) is 33.2 Å². The van der Waals surface area contributed by atoms with Crippen LogP contribution in [0.15, 0.2) is 22.1 Å². The molecule has 100 valence electrons. The Bertz CT molecular complexity index is 396. The molecule has 1 aromatic heterocycles. The van der Waals surface area contributed by atoms with E-state index in [2.05, 4.69) is 10.3 Å². The van der Waals surface area contributed by atoms with Crippen LogP contribution in [0, 0.1) is 0 Å². The normalized spacial score (nSPS) is 27.3. The summed E-state index contributed by atoms with van der Waals surface area (Å²) < 4.78 is 10.4. The Morgan fingerprint density at radius 2 is 2.61 bits per heavy atom. The highest BCUT2D eigenvalue weighted by atomic mass is 32.2. The van der Waals surface area contributed by atoms with E-state index in [1.165, 1.54) is 0 Å². The van der Waals surface area contributed by atoms with Crippen LogP contribution in [0.25, 0.3) is 0 Å². The lowest BCUT2D eigenvalue weighted by Gasteiger charge is -2.26. The molecule has 1 aromatic rings. The van der Waals surface area contributed by atoms with Crippen LogP contribution in [0.1, 0.15) is 26.2 Å². The summed E-state index contributed by atoms with van der Waals surface area (Å²) in [6.45, 7) is 2.25. The van der Waals surface area contributed by atoms with Crippen molar-refractivity contribution in [3.63, 3.8) is 0 Å². The second kappa shape index (κ2) is 5.75. The highest BCUT2D eigenvalue weighted by Crippen LogP contribution is 2.40. The number of hydrogen-bond donors (Lipinski definition) is 1. The van der Waals surface area contributed by atoms with E-state index in [0.717, 1.165) is 19.3 Å². The summed E-state index contributed by atoms with van der Waals surface area (Å²) in [4.78, 5) is 16.1. The van der Waals surface area contributed by atoms with Gasteiger partial charge in [0.1, 0.15) is 11.8 Å². The maximum absolute atomic E-state index is 12.0. The number of ether oxygens (including phenoxy) is 1. The number of carbonyl (C=O) groups is 1. The van der Waals surface area contributed by atoms with Crippen LogP contribution in [0.4, 0.5) is 0 Å². The first-order valence-electron chi connectivity index (χ1n) is 6.12. The first-order chi connectivity index (χ1) is 8.70. The molecule has 1 fully saturated rings. The van der Waals surface area contributed by atoms with E-state index < -0.39 is 5.54 Å². The monoisotopic (exact) mass is 270 g/mol. The molecule has 1 aliphatic carbocycles. The van der Waals surface area contributed by atoms with Crippen molar-refractivity contribution < 1.29 is 13.9 Å². The molecular formula is C12H18N2O3S. The molecule has 1 aliphatic rings. The van der Waals surface area contributed by atoms with Crippen molar-refractivity contribution in [2.75, 3.05) is 13.7 Å². The van der Waals surface area contributed by atoms with Gasteiger partial charge in [0.2, 0.25) is 0 Å². The van der Waals surface area contributed by atoms with Crippen molar-refractivity contribution in [3.05, 3.63) is 12.5 Å². The Labute approximate surface area is 111 Å². The quantitative estimate of drug-likeness (QED) is 0.824. The standard InChI is InChI=1S/C12H18N2O3S/c1-3-16-10(15)12(13-2)5-4-9(8-12)18-11-14-6-7-17-11/h6-7,9,13H,3-5,8H2,1-2H3. The molecule has 1 heterocycles. The average Bonchev–Trinajstić information content (AvgIpc) is 3.00. The molecular weight excluding hydrogens is 252 g/mol. The van der Waals surface area contributed by atoms with E-state index in [4.69, 9.17) is 9.15 Å². The SMILES string of the molecule is CCOC(=O)C1(NC)CCC(Sc2ncco2)C1. The Morgan fingerprint density at radius 3 is 3.22 bits per heavy atom. The molecule has 0 aliphatic heterocycles. The lowest BCUT2D eigenvalue weighted by atomic mass is 9.98. The molecule has 0 spiro atoms. The van der Waals surface area contributed by atoms with E-state index in [9.17, 15) is 4.79 Å². The summed E-state index contributed by atoms with van der Waals surface area (Å²) in [5.74, 6) is -0.150. The lowest BCUT2D eigenvalue weighted by molar-refractivity contribution is -0.150. The Kier molecular flexibility index (Phi) is 4.29. The Hall–Kier alpha value is -1.01. The van der Waals surface area contributed by atoms with Crippen LogP contribution < -0.4 is 5.32 Å². The number of nitrogens with zero attached hydrogens (tertiary/aromatic N) is 1. The molecule has 2 unspecified atom stereocenters. The van der Waals surface area contributed by atoms with Crippen LogP contribution in [0.5, 0.6) is 0 Å². The number of likely N-dealkylation sites (N-methyl/N-ethyl adjacent to an activating group) is 1. The van der Waals surface area contributed by atoms with Crippen molar-refractivity contribution >= 4 is 17.7 Å². The predicted molar refractivity (Wildman–Crippen MR) is 68.4 cm³/mol. The number of carbonyl (C=O) groups excluding carboxylic acids is 1. The molecule has 18 heavy (non-hydrogen) atoms. The van der Waals surface area contributed by atoms with Gasteiger partial charge < -0.3 is 14.5 Å². The van der Waals surface area contributed by atoms with Crippen LogP contribution in [0.2, 0.25) is 0 Å². The smallest absolute Gasteiger partial charge is 0.326 e. The molecule has 0 aromatic carbocycles. The number of rotatable bonds is 5. The molecule has 2 atom stereocenters. The van der Waals surface area contributed by atoms with Crippen molar-refractivity contribution in [1.82, 2.24) is 10.3 Å². The van der Waals surface area contributed by atoms with Crippen LogP contribution in [-0.2, 0) is 9.53 Å². The average molecular weight is 270 g/mol.